The van der Waals surface area contributed by atoms with Crippen LogP contribution in [0.15, 0.2) is 206 Å². The highest BCUT2D eigenvalue weighted by Gasteiger charge is 2.15. The van der Waals surface area contributed by atoms with Gasteiger partial charge in [0.1, 0.15) is 0 Å². The van der Waals surface area contributed by atoms with Crippen LogP contribution in [0.4, 0.5) is 0 Å². The summed E-state index contributed by atoms with van der Waals surface area (Å²) in [5.41, 5.74) is 12.3. The van der Waals surface area contributed by atoms with Gasteiger partial charge in [0.05, 0.1) is 0 Å². The molecule has 56 heavy (non-hydrogen) atoms. The van der Waals surface area contributed by atoms with Crippen LogP contribution in [0.3, 0.4) is 0 Å². The Labute approximate surface area is 325 Å². The van der Waals surface area contributed by atoms with E-state index < -0.39 is 0 Å². The van der Waals surface area contributed by atoms with Crippen LogP contribution in [0.1, 0.15) is 0 Å². The van der Waals surface area contributed by atoms with Gasteiger partial charge in [-0.05, 0) is 138 Å². The first-order chi connectivity index (χ1) is 27.7. The van der Waals surface area contributed by atoms with Crippen LogP contribution in [0, 0.1) is 0 Å². The van der Waals surface area contributed by atoms with Crippen molar-refractivity contribution < 1.29 is 0 Å². The van der Waals surface area contributed by atoms with Gasteiger partial charge in [0.2, 0.25) is 0 Å². The summed E-state index contributed by atoms with van der Waals surface area (Å²) in [5.74, 6) is 0. The molecule has 0 bridgehead atoms. The zero-order valence-corrected chi connectivity index (χ0v) is 30.6. The van der Waals surface area contributed by atoms with Gasteiger partial charge in [0, 0.05) is 0 Å². The molecule has 0 saturated carbocycles. The van der Waals surface area contributed by atoms with Gasteiger partial charge >= 0.3 is 0 Å². The summed E-state index contributed by atoms with van der Waals surface area (Å²) in [6.45, 7) is 0. The van der Waals surface area contributed by atoms with E-state index in [1.54, 1.807) is 0 Å². The predicted octanol–water partition coefficient (Wildman–Crippen LogP) is 15.8. The van der Waals surface area contributed by atoms with Gasteiger partial charge in [-0.3, -0.25) is 0 Å². The minimum Gasteiger partial charge on any atom is -0.0610 e. The molecule has 0 nitrogen and oxygen atoms in total. The van der Waals surface area contributed by atoms with Crippen molar-refractivity contribution >= 4 is 64.6 Å². The monoisotopic (exact) mass is 706 g/mol. The summed E-state index contributed by atoms with van der Waals surface area (Å²) in [5, 5.41) is 15.8. The molecule has 0 heteroatoms. The van der Waals surface area contributed by atoms with Crippen LogP contribution in [-0.2, 0) is 0 Å². The van der Waals surface area contributed by atoms with Crippen LogP contribution in [0.2, 0.25) is 0 Å². The highest BCUT2D eigenvalue weighted by Crippen LogP contribution is 2.42. The highest BCUT2D eigenvalue weighted by molar-refractivity contribution is 6.26. The maximum absolute atomic E-state index is 2.35. The Morgan fingerprint density at radius 2 is 0.482 bits per heavy atom. The van der Waals surface area contributed by atoms with Gasteiger partial charge in [-0.25, -0.2) is 0 Å². The van der Waals surface area contributed by atoms with E-state index in [4.69, 9.17) is 0 Å². The molecule has 0 unspecified atom stereocenters. The fourth-order valence-corrected chi connectivity index (χ4v) is 9.44. The van der Waals surface area contributed by atoms with Crippen LogP contribution in [0.25, 0.3) is 120 Å². The Morgan fingerprint density at radius 3 is 0.946 bits per heavy atom. The SMILES string of the molecule is c1cc(-c2ccc(-c3ccc4ccc5cccc6ccc3c4c56)cc2)cc(-c2cccc(-c3cccc(-c4ccc5ccc6cccc7ccc4c5c67)c3)c2)c1. The van der Waals surface area contributed by atoms with Crippen molar-refractivity contribution in [1.29, 1.82) is 0 Å². The number of hydrogen-bond acceptors (Lipinski definition) is 0. The van der Waals surface area contributed by atoms with Crippen molar-refractivity contribution in [3.05, 3.63) is 206 Å². The predicted molar refractivity (Wildman–Crippen MR) is 241 cm³/mol. The molecule has 0 amide bonds. The van der Waals surface area contributed by atoms with Crippen LogP contribution < -0.4 is 0 Å². The fraction of sp³-hybridized carbons (Fsp3) is 0. The van der Waals surface area contributed by atoms with E-state index in [1.165, 1.54) is 120 Å². The molecular formula is C56H34. The number of rotatable bonds is 5. The van der Waals surface area contributed by atoms with Crippen LogP contribution in [-0.4, -0.2) is 0 Å². The molecule has 0 radical (unpaired) electrons. The second-order valence-corrected chi connectivity index (χ2v) is 15.3. The Bertz CT molecular complexity index is 3430. The second kappa shape index (κ2) is 12.1. The van der Waals surface area contributed by atoms with E-state index in [0.29, 0.717) is 0 Å². The molecule has 12 aromatic rings. The van der Waals surface area contributed by atoms with E-state index in [-0.39, 0.29) is 0 Å². The molecule has 0 fully saturated rings. The quantitative estimate of drug-likeness (QED) is 0.156. The minimum absolute atomic E-state index is 1.21. The first-order valence-corrected chi connectivity index (χ1v) is 19.5. The van der Waals surface area contributed by atoms with Crippen molar-refractivity contribution in [1.82, 2.24) is 0 Å². The van der Waals surface area contributed by atoms with Gasteiger partial charge in [-0.1, -0.05) is 188 Å². The van der Waals surface area contributed by atoms with Gasteiger partial charge in [0.25, 0.3) is 0 Å². The molecule has 0 N–H and O–H groups in total. The molecule has 0 aliphatic carbocycles. The van der Waals surface area contributed by atoms with Crippen molar-refractivity contribution in [2.24, 2.45) is 0 Å². The molecule has 12 aromatic carbocycles. The molecule has 0 aromatic heterocycles. The molecule has 0 atom stereocenters. The smallest absolute Gasteiger partial charge is 0.00206 e. The molecule has 0 saturated heterocycles. The first kappa shape index (κ1) is 31.1. The Hall–Kier alpha value is -7.28. The molecule has 0 heterocycles. The Morgan fingerprint density at radius 1 is 0.179 bits per heavy atom. The molecule has 0 aliphatic heterocycles. The van der Waals surface area contributed by atoms with E-state index in [1.807, 2.05) is 0 Å². The third-order valence-electron chi connectivity index (χ3n) is 12.2. The fourth-order valence-electron chi connectivity index (χ4n) is 9.44. The van der Waals surface area contributed by atoms with Crippen molar-refractivity contribution in [3.8, 4) is 55.6 Å². The topological polar surface area (TPSA) is 0 Å². The minimum atomic E-state index is 1.21. The van der Waals surface area contributed by atoms with E-state index in [2.05, 4.69) is 206 Å². The van der Waals surface area contributed by atoms with Gasteiger partial charge in [-0.2, -0.15) is 0 Å². The molecule has 0 spiro atoms. The van der Waals surface area contributed by atoms with Gasteiger partial charge in [0.15, 0.2) is 0 Å². The highest BCUT2D eigenvalue weighted by atomic mass is 14.2. The average Bonchev–Trinajstić information content (AvgIpc) is 3.27. The number of benzene rings is 12. The summed E-state index contributed by atoms with van der Waals surface area (Å²) in [7, 11) is 0. The molecule has 258 valence electrons. The standard InChI is InChI=1S/C56H34/c1-6-37-20-22-41-24-28-49(51-30-26-39(8-1)53(37)55(41)51)36-18-16-35(17-19-36)43-10-3-11-44(32-43)45-12-4-13-46(33-45)47-14-5-15-48(34-47)50-29-25-42-23-21-38-7-2-9-40-27-31-52(50)56(42)54(38)40/h1-34H. The molecule has 12 rings (SSSR count). The lowest BCUT2D eigenvalue weighted by Crippen LogP contribution is -1.88. The van der Waals surface area contributed by atoms with E-state index >= 15 is 0 Å². The Balaban J connectivity index is 0.874. The number of hydrogen-bond donors (Lipinski definition) is 0. The third kappa shape index (κ3) is 4.79. The second-order valence-electron chi connectivity index (χ2n) is 15.3. The van der Waals surface area contributed by atoms with E-state index in [9.17, 15) is 0 Å². The normalized spacial score (nSPS) is 11.9. The van der Waals surface area contributed by atoms with E-state index in [0.717, 1.165) is 0 Å². The zero-order chi connectivity index (χ0) is 36.7. The Kier molecular flexibility index (Phi) is 6.73. The molecular weight excluding hydrogens is 673 g/mol. The summed E-state index contributed by atoms with van der Waals surface area (Å²) in [6, 6.07) is 76.6. The third-order valence-corrected chi connectivity index (χ3v) is 12.2. The largest absolute Gasteiger partial charge is 0.0610 e. The molecule has 0 aliphatic rings. The zero-order valence-electron chi connectivity index (χ0n) is 30.6. The lowest BCUT2D eigenvalue weighted by molar-refractivity contribution is 1.57. The average molecular weight is 707 g/mol. The maximum atomic E-state index is 2.35. The summed E-state index contributed by atoms with van der Waals surface area (Å²) >= 11 is 0. The maximum Gasteiger partial charge on any atom is -0.00206 e. The van der Waals surface area contributed by atoms with Crippen molar-refractivity contribution in [2.45, 2.75) is 0 Å². The summed E-state index contributed by atoms with van der Waals surface area (Å²) in [4.78, 5) is 0. The van der Waals surface area contributed by atoms with Crippen molar-refractivity contribution in [2.75, 3.05) is 0 Å². The van der Waals surface area contributed by atoms with Crippen LogP contribution >= 0.6 is 0 Å². The van der Waals surface area contributed by atoms with Crippen LogP contribution in [0.5, 0.6) is 0 Å². The van der Waals surface area contributed by atoms with Crippen molar-refractivity contribution in [3.63, 3.8) is 0 Å². The lowest BCUT2D eigenvalue weighted by Gasteiger charge is -2.15. The summed E-state index contributed by atoms with van der Waals surface area (Å²) in [6.07, 6.45) is 0. The van der Waals surface area contributed by atoms with Gasteiger partial charge in [-0.15, -0.1) is 0 Å². The lowest BCUT2D eigenvalue weighted by atomic mass is 9.89. The van der Waals surface area contributed by atoms with Gasteiger partial charge < -0.3 is 0 Å². The first-order valence-electron chi connectivity index (χ1n) is 19.5. The summed E-state index contributed by atoms with van der Waals surface area (Å²) < 4.78 is 0.